The quantitative estimate of drug-likeness (QED) is 0.872. The fourth-order valence-electron chi connectivity index (χ4n) is 2.24. The van der Waals surface area contributed by atoms with Gasteiger partial charge in [-0.2, -0.15) is 0 Å². The highest BCUT2D eigenvalue weighted by Gasteiger charge is 2.24. The smallest absolute Gasteiger partial charge is 0.264 e. The van der Waals surface area contributed by atoms with Crippen LogP contribution in [0.5, 0.6) is 0 Å². The number of nitrogens with zero attached hydrogens (tertiary/aromatic N) is 4. The lowest BCUT2D eigenvalue weighted by molar-refractivity contribution is 0.0751. The standard InChI is InChI=1S/C14H18N4OS2/c1-10(2)12-15-16-14(21-12)18-7-5-17(6-8-18)13(19)11-4-3-9-20-11/h3-4,9-10H,5-8H2,1-2H3. The molecule has 0 spiro atoms. The van der Waals surface area contributed by atoms with E-state index in [-0.39, 0.29) is 5.91 Å². The Hall–Kier alpha value is -1.47. The summed E-state index contributed by atoms with van der Waals surface area (Å²) in [4.78, 5) is 17.3. The third kappa shape index (κ3) is 3.08. The molecular weight excluding hydrogens is 304 g/mol. The average Bonchev–Trinajstić information content (AvgIpc) is 3.18. The Morgan fingerprint density at radius 2 is 2.00 bits per heavy atom. The van der Waals surface area contributed by atoms with Crippen LogP contribution in [0.15, 0.2) is 17.5 Å². The molecule has 1 fully saturated rings. The molecule has 2 aromatic heterocycles. The topological polar surface area (TPSA) is 49.3 Å². The Morgan fingerprint density at radius 3 is 2.57 bits per heavy atom. The Balaban J connectivity index is 1.61. The molecule has 1 saturated heterocycles. The number of hydrogen-bond acceptors (Lipinski definition) is 6. The van der Waals surface area contributed by atoms with Crippen molar-refractivity contribution in [3.63, 3.8) is 0 Å². The summed E-state index contributed by atoms with van der Waals surface area (Å²) in [6.45, 7) is 7.39. The molecule has 3 heterocycles. The predicted octanol–water partition coefficient (Wildman–Crippen LogP) is 2.69. The van der Waals surface area contributed by atoms with Gasteiger partial charge in [-0.05, 0) is 11.4 Å². The summed E-state index contributed by atoms with van der Waals surface area (Å²) in [5, 5.41) is 12.5. The van der Waals surface area contributed by atoms with E-state index in [9.17, 15) is 4.79 Å². The summed E-state index contributed by atoms with van der Waals surface area (Å²) in [6.07, 6.45) is 0. The number of carbonyl (C=O) groups excluding carboxylic acids is 1. The van der Waals surface area contributed by atoms with E-state index in [0.29, 0.717) is 5.92 Å². The summed E-state index contributed by atoms with van der Waals surface area (Å²) in [5.41, 5.74) is 0. The first-order valence-corrected chi connectivity index (χ1v) is 8.76. The first-order valence-electron chi connectivity index (χ1n) is 7.06. The molecule has 2 aromatic rings. The summed E-state index contributed by atoms with van der Waals surface area (Å²) >= 11 is 3.16. The first-order chi connectivity index (χ1) is 10.1. The van der Waals surface area contributed by atoms with Crippen molar-refractivity contribution in [1.82, 2.24) is 15.1 Å². The molecule has 112 valence electrons. The van der Waals surface area contributed by atoms with Gasteiger partial charge in [-0.3, -0.25) is 4.79 Å². The second-order valence-corrected chi connectivity index (χ2v) is 7.27. The van der Waals surface area contributed by atoms with Gasteiger partial charge in [0, 0.05) is 32.1 Å². The SMILES string of the molecule is CC(C)c1nnc(N2CCN(C(=O)c3cccs3)CC2)s1. The Kier molecular flexibility index (Phi) is 4.21. The fourth-order valence-corrected chi connectivity index (χ4v) is 3.83. The number of amides is 1. The average molecular weight is 322 g/mol. The van der Waals surface area contributed by atoms with E-state index in [0.717, 1.165) is 41.2 Å². The number of anilines is 1. The van der Waals surface area contributed by atoms with Crippen molar-refractivity contribution >= 4 is 33.7 Å². The van der Waals surface area contributed by atoms with Gasteiger partial charge in [0.15, 0.2) is 0 Å². The van der Waals surface area contributed by atoms with Crippen LogP contribution in [0.3, 0.4) is 0 Å². The lowest BCUT2D eigenvalue weighted by Crippen LogP contribution is -2.48. The van der Waals surface area contributed by atoms with E-state index >= 15 is 0 Å². The van der Waals surface area contributed by atoms with Crippen LogP contribution in [0.1, 0.15) is 34.4 Å². The summed E-state index contributed by atoms with van der Waals surface area (Å²) in [6, 6.07) is 3.81. The monoisotopic (exact) mass is 322 g/mol. The maximum absolute atomic E-state index is 12.3. The van der Waals surface area contributed by atoms with Crippen molar-refractivity contribution in [3.8, 4) is 0 Å². The molecule has 0 bridgehead atoms. The zero-order chi connectivity index (χ0) is 14.8. The first kappa shape index (κ1) is 14.5. The number of carbonyl (C=O) groups is 1. The van der Waals surface area contributed by atoms with Gasteiger partial charge in [0.1, 0.15) is 5.01 Å². The van der Waals surface area contributed by atoms with Gasteiger partial charge >= 0.3 is 0 Å². The highest BCUT2D eigenvalue weighted by atomic mass is 32.1. The van der Waals surface area contributed by atoms with Crippen LogP contribution in [-0.4, -0.2) is 47.2 Å². The van der Waals surface area contributed by atoms with Gasteiger partial charge in [-0.25, -0.2) is 0 Å². The van der Waals surface area contributed by atoms with E-state index in [1.807, 2.05) is 22.4 Å². The van der Waals surface area contributed by atoms with Crippen molar-refractivity contribution < 1.29 is 4.79 Å². The molecule has 0 aromatic carbocycles. The number of rotatable bonds is 3. The molecule has 3 rings (SSSR count). The Morgan fingerprint density at radius 1 is 1.24 bits per heavy atom. The molecule has 0 unspecified atom stereocenters. The van der Waals surface area contributed by atoms with Crippen molar-refractivity contribution in [1.29, 1.82) is 0 Å². The minimum atomic E-state index is 0.143. The third-order valence-corrected chi connectivity index (χ3v) is 5.64. The maximum atomic E-state index is 12.3. The molecule has 7 heteroatoms. The lowest BCUT2D eigenvalue weighted by Gasteiger charge is -2.34. The second-order valence-electron chi connectivity index (χ2n) is 5.33. The molecule has 5 nitrogen and oxygen atoms in total. The van der Waals surface area contributed by atoms with Crippen molar-refractivity contribution in [3.05, 3.63) is 27.4 Å². The molecular formula is C14H18N4OS2. The van der Waals surface area contributed by atoms with Crippen molar-refractivity contribution in [2.24, 2.45) is 0 Å². The largest absolute Gasteiger partial charge is 0.343 e. The molecule has 0 aliphatic carbocycles. The maximum Gasteiger partial charge on any atom is 0.264 e. The molecule has 0 radical (unpaired) electrons. The van der Waals surface area contributed by atoms with Crippen LogP contribution in [-0.2, 0) is 0 Å². The normalized spacial score (nSPS) is 15.8. The molecule has 1 amide bonds. The van der Waals surface area contributed by atoms with Gasteiger partial charge in [0.2, 0.25) is 5.13 Å². The van der Waals surface area contributed by atoms with Gasteiger partial charge in [-0.15, -0.1) is 21.5 Å². The Labute approximate surface area is 132 Å². The molecule has 21 heavy (non-hydrogen) atoms. The van der Waals surface area contributed by atoms with E-state index in [4.69, 9.17) is 0 Å². The van der Waals surface area contributed by atoms with Crippen LogP contribution < -0.4 is 4.90 Å². The van der Waals surface area contributed by atoms with Crippen LogP contribution in [0, 0.1) is 0 Å². The fraction of sp³-hybridized carbons (Fsp3) is 0.500. The Bertz CT molecular complexity index is 600. The predicted molar refractivity (Wildman–Crippen MR) is 86.4 cm³/mol. The second kappa shape index (κ2) is 6.11. The van der Waals surface area contributed by atoms with E-state index in [1.54, 1.807) is 11.3 Å². The van der Waals surface area contributed by atoms with Gasteiger partial charge in [0.05, 0.1) is 4.88 Å². The van der Waals surface area contributed by atoms with E-state index in [2.05, 4.69) is 28.9 Å². The van der Waals surface area contributed by atoms with E-state index < -0.39 is 0 Å². The highest BCUT2D eigenvalue weighted by Crippen LogP contribution is 2.26. The van der Waals surface area contributed by atoms with Crippen molar-refractivity contribution in [2.45, 2.75) is 19.8 Å². The summed E-state index contributed by atoms with van der Waals surface area (Å²) < 4.78 is 0. The van der Waals surface area contributed by atoms with Crippen LogP contribution >= 0.6 is 22.7 Å². The third-order valence-electron chi connectivity index (χ3n) is 3.49. The summed E-state index contributed by atoms with van der Waals surface area (Å²) in [7, 11) is 0. The van der Waals surface area contributed by atoms with Crippen LogP contribution in [0.2, 0.25) is 0 Å². The minimum Gasteiger partial charge on any atom is -0.343 e. The van der Waals surface area contributed by atoms with Gasteiger partial charge in [0.25, 0.3) is 5.91 Å². The zero-order valence-corrected chi connectivity index (χ0v) is 13.8. The van der Waals surface area contributed by atoms with E-state index in [1.165, 1.54) is 11.3 Å². The molecule has 1 aliphatic heterocycles. The van der Waals surface area contributed by atoms with Gasteiger partial charge < -0.3 is 9.80 Å². The van der Waals surface area contributed by atoms with Crippen molar-refractivity contribution in [2.75, 3.05) is 31.1 Å². The van der Waals surface area contributed by atoms with Crippen LogP contribution in [0.25, 0.3) is 0 Å². The summed E-state index contributed by atoms with van der Waals surface area (Å²) in [5.74, 6) is 0.558. The minimum absolute atomic E-state index is 0.143. The lowest BCUT2D eigenvalue weighted by atomic mass is 10.2. The number of aromatic nitrogens is 2. The van der Waals surface area contributed by atoms with Gasteiger partial charge in [-0.1, -0.05) is 31.3 Å². The number of hydrogen-bond donors (Lipinski definition) is 0. The number of piperazine rings is 1. The molecule has 0 N–H and O–H groups in total. The van der Waals surface area contributed by atoms with Crippen LogP contribution in [0.4, 0.5) is 5.13 Å². The zero-order valence-electron chi connectivity index (χ0n) is 12.2. The molecule has 0 atom stereocenters. The number of thiophene rings is 1. The molecule has 0 saturated carbocycles. The highest BCUT2D eigenvalue weighted by molar-refractivity contribution is 7.15. The molecule has 1 aliphatic rings.